The summed E-state index contributed by atoms with van der Waals surface area (Å²) >= 11 is 0. The molecule has 2 heteroatoms. The van der Waals surface area contributed by atoms with Crippen molar-refractivity contribution < 1.29 is 0 Å². The fourth-order valence-corrected chi connectivity index (χ4v) is 1.12. The Morgan fingerprint density at radius 2 is 2.40 bits per heavy atom. The lowest BCUT2D eigenvalue weighted by Crippen LogP contribution is -2.12. The van der Waals surface area contributed by atoms with Gasteiger partial charge in [-0.2, -0.15) is 5.26 Å². The number of hydrogen-bond acceptors (Lipinski definition) is 2. The minimum absolute atomic E-state index is 0.102. The fourth-order valence-electron chi connectivity index (χ4n) is 1.12. The van der Waals surface area contributed by atoms with Gasteiger partial charge in [-0.3, -0.25) is 4.90 Å². The van der Waals surface area contributed by atoms with E-state index in [-0.39, 0.29) is 5.54 Å². The van der Waals surface area contributed by atoms with Gasteiger partial charge in [0.05, 0.1) is 6.07 Å². The summed E-state index contributed by atoms with van der Waals surface area (Å²) in [5.74, 6) is 0. The van der Waals surface area contributed by atoms with Gasteiger partial charge in [-0.15, -0.1) is 0 Å². The maximum absolute atomic E-state index is 8.64. The van der Waals surface area contributed by atoms with Crippen LogP contribution in [0.15, 0.2) is 0 Å². The molecule has 0 amide bonds. The molecular formula is C8H14N2. The minimum Gasteiger partial charge on any atom is -0.282 e. The Morgan fingerprint density at radius 1 is 1.70 bits per heavy atom. The van der Waals surface area contributed by atoms with Gasteiger partial charge >= 0.3 is 0 Å². The van der Waals surface area contributed by atoms with Crippen LogP contribution in [0.25, 0.3) is 0 Å². The van der Waals surface area contributed by atoms with Crippen molar-refractivity contribution in [2.24, 2.45) is 0 Å². The monoisotopic (exact) mass is 138 g/mol. The highest BCUT2D eigenvalue weighted by Crippen LogP contribution is 2.30. The van der Waals surface area contributed by atoms with Crippen LogP contribution in [-0.2, 0) is 0 Å². The molecule has 0 N–H and O–H groups in total. The zero-order chi connectivity index (χ0) is 7.61. The van der Waals surface area contributed by atoms with E-state index < -0.39 is 0 Å². The highest BCUT2D eigenvalue weighted by molar-refractivity contribution is 5.18. The van der Waals surface area contributed by atoms with Crippen molar-refractivity contribution in [2.45, 2.75) is 32.2 Å². The van der Waals surface area contributed by atoms with Gasteiger partial charge in [-0.05, 0) is 19.9 Å². The second-order valence-corrected chi connectivity index (χ2v) is 3.16. The molecule has 56 valence electrons. The Labute approximate surface area is 62.4 Å². The summed E-state index contributed by atoms with van der Waals surface area (Å²) in [6, 6.07) is 2.30. The first-order chi connectivity index (χ1) is 4.73. The molecule has 1 aliphatic heterocycles. The molecule has 1 heterocycles. The molecule has 0 aliphatic carbocycles. The van der Waals surface area contributed by atoms with Crippen LogP contribution < -0.4 is 0 Å². The van der Waals surface area contributed by atoms with Gasteiger partial charge in [0.1, 0.15) is 5.54 Å². The zero-order valence-corrected chi connectivity index (χ0v) is 6.72. The number of nitriles is 1. The average molecular weight is 138 g/mol. The Morgan fingerprint density at radius 3 is 2.80 bits per heavy atom. The van der Waals surface area contributed by atoms with Crippen molar-refractivity contribution in [2.75, 3.05) is 13.1 Å². The maximum Gasteiger partial charge on any atom is 0.119 e. The lowest BCUT2D eigenvalue weighted by atomic mass is 10.2. The molecule has 2 unspecified atom stereocenters. The second-order valence-electron chi connectivity index (χ2n) is 3.16. The van der Waals surface area contributed by atoms with Crippen LogP contribution >= 0.6 is 0 Å². The summed E-state index contributed by atoms with van der Waals surface area (Å²) < 4.78 is 0. The molecule has 2 atom stereocenters. The zero-order valence-electron chi connectivity index (χ0n) is 6.72. The van der Waals surface area contributed by atoms with Crippen LogP contribution in [-0.4, -0.2) is 23.5 Å². The maximum atomic E-state index is 8.64. The second kappa shape index (κ2) is 2.59. The molecule has 1 fully saturated rings. The number of hydrogen-bond donors (Lipinski definition) is 0. The number of unbranched alkanes of at least 4 members (excludes halogenated alkanes) is 1. The van der Waals surface area contributed by atoms with E-state index in [1.54, 1.807) is 0 Å². The molecule has 0 radical (unpaired) electrons. The van der Waals surface area contributed by atoms with Gasteiger partial charge in [-0.1, -0.05) is 13.3 Å². The smallest absolute Gasteiger partial charge is 0.119 e. The first-order valence-corrected chi connectivity index (χ1v) is 3.89. The molecule has 1 rings (SSSR count). The van der Waals surface area contributed by atoms with E-state index in [0.29, 0.717) is 0 Å². The van der Waals surface area contributed by atoms with E-state index in [0.717, 1.165) is 13.1 Å². The molecule has 0 aromatic rings. The van der Waals surface area contributed by atoms with Crippen LogP contribution in [0.2, 0.25) is 0 Å². The number of rotatable bonds is 3. The molecule has 1 aliphatic rings. The SMILES string of the molecule is CCCCN1CC1(C)C#N. The summed E-state index contributed by atoms with van der Waals surface area (Å²) in [7, 11) is 0. The summed E-state index contributed by atoms with van der Waals surface area (Å²) in [6.07, 6.45) is 2.44. The minimum atomic E-state index is -0.102. The van der Waals surface area contributed by atoms with E-state index in [4.69, 9.17) is 5.26 Å². The normalized spacial score (nSPS) is 37.1. The van der Waals surface area contributed by atoms with Crippen LogP contribution in [0.3, 0.4) is 0 Å². The molecule has 0 bridgehead atoms. The van der Waals surface area contributed by atoms with Gasteiger partial charge in [0.25, 0.3) is 0 Å². The van der Waals surface area contributed by atoms with Crippen LogP contribution in [0, 0.1) is 11.3 Å². The first-order valence-electron chi connectivity index (χ1n) is 3.89. The largest absolute Gasteiger partial charge is 0.282 e. The van der Waals surface area contributed by atoms with Gasteiger partial charge in [0.15, 0.2) is 0 Å². The van der Waals surface area contributed by atoms with Gasteiger partial charge < -0.3 is 0 Å². The summed E-state index contributed by atoms with van der Waals surface area (Å²) in [5, 5.41) is 8.64. The van der Waals surface area contributed by atoms with Crippen molar-refractivity contribution in [3.8, 4) is 6.07 Å². The highest BCUT2D eigenvalue weighted by Gasteiger charge is 2.47. The third kappa shape index (κ3) is 1.30. The summed E-state index contributed by atoms with van der Waals surface area (Å²) in [5.41, 5.74) is -0.102. The molecule has 10 heavy (non-hydrogen) atoms. The molecule has 0 spiro atoms. The third-order valence-corrected chi connectivity index (χ3v) is 2.12. The third-order valence-electron chi connectivity index (χ3n) is 2.12. The molecule has 2 nitrogen and oxygen atoms in total. The van der Waals surface area contributed by atoms with E-state index in [1.807, 2.05) is 6.92 Å². The van der Waals surface area contributed by atoms with Gasteiger partial charge in [0, 0.05) is 6.54 Å². The van der Waals surface area contributed by atoms with Crippen LogP contribution in [0.1, 0.15) is 26.7 Å². The highest BCUT2D eigenvalue weighted by atomic mass is 15.3. The predicted octanol–water partition coefficient (Wildman–Crippen LogP) is 1.38. The molecule has 0 saturated carbocycles. The summed E-state index contributed by atoms with van der Waals surface area (Å²) in [6.45, 7) is 6.25. The topological polar surface area (TPSA) is 26.8 Å². The molecule has 0 aromatic carbocycles. The number of nitrogens with zero attached hydrogens (tertiary/aromatic N) is 2. The van der Waals surface area contributed by atoms with Crippen LogP contribution in [0.4, 0.5) is 0 Å². The van der Waals surface area contributed by atoms with Crippen molar-refractivity contribution in [1.82, 2.24) is 4.90 Å². The average Bonchev–Trinajstić information content (AvgIpc) is 2.59. The standard InChI is InChI=1S/C8H14N2/c1-3-4-5-10-7-8(10,2)6-9/h3-5,7H2,1-2H3. The fraction of sp³-hybridized carbons (Fsp3) is 0.875. The Balaban J connectivity index is 2.20. The Bertz CT molecular complexity index is 159. The molecule has 0 aromatic heterocycles. The van der Waals surface area contributed by atoms with E-state index in [2.05, 4.69) is 17.9 Å². The first kappa shape index (κ1) is 7.56. The predicted molar refractivity (Wildman–Crippen MR) is 40.5 cm³/mol. The van der Waals surface area contributed by atoms with Gasteiger partial charge in [-0.25, -0.2) is 0 Å². The van der Waals surface area contributed by atoms with Crippen molar-refractivity contribution >= 4 is 0 Å². The van der Waals surface area contributed by atoms with Crippen molar-refractivity contribution in [1.29, 1.82) is 5.26 Å². The Kier molecular flexibility index (Phi) is 1.96. The molecular weight excluding hydrogens is 124 g/mol. The van der Waals surface area contributed by atoms with Crippen molar-refractivity contribution in [3.05, 3.63) is 0 Å². The Hall–Kier alpha value is -0.550. The summed E-state index contributed by atoms with van der Waals surface area (Å²) in [4.78, 5) is 2.22. The lowest BCUT2D eigenvalue weighted by Gasteiger charge is -2.01. The van der Waals surface area contributed by atoms with E-state index in [9.17, 15) is 0 Å². The van der Waals surface area contributed by atoms with Gasteiger partial charge in [0.2, 0.25) is 0 Å². The molecule has 1 saturated heterocycles. The van der Waals surface area contributed by atoms with Crippen LogP contribution in [0.5, 0.6) is 0 Å². The quantitative estimate of drug-likeness (QED) is 0.551. The lowest BCUT2D eigenvalue weighted by molar-refractivity contribution is 0.461. The van der Waals surface area contributed by atoms with E-state index >= 15 is 0 Å². The van der Waals surface area contributed by atoms with E-state index in [1.165, 1.54) is 12.8 Å². The van der Waals surface area contributed by atoms with Crippen molar-refractivity contribution in [3.63, 3.8) is 0 Å².